The minimum Gasteiger partial charge on any atom is -0.379 e. The highest BCUT2D eigenvalue weighted by Crippen LogP contribution is 2.07. The van der Waals surface area contributed by atoms with Crippen molar-refractivity contribution >= 4 is 5.91 Å². The van der Waals surface area contributed by atoms with Crippen LogP contribution < -0.4 is 0 Å². The predicted octanol–water partition coefficient (Wildman–Crippen LogP) is 1.76. The SMILES string of the molecule is CCN(Cc1ccccc1)C(=O)CCN1CCOCC1. The molecule has 4 nitrogen and oxygen atoms in total. The van der Waals surface area contributed by atoms with Crippen molar-refractivity contribution in [1.29, 1.82) is 0 Å². The van der Waals surface area contributed by atoms with Gasteiger partial charge >= 0.3 is 0 Å². The number of amides is 1. The molecule has 1 saturated heterocycles. The standard InChI is InChI=1S/C16H24N2O2/c1-2-18(14-15-6-4-3-5-7-15)16(19)8-9-17-10-12-20-13-11-17/h3-7H,2,8-14H2,1H3. The third-order valence-electron chi connectivity index (χ3n) is 3.70. The quantitative estimate of drug-likeness (QED) is 0.793. The molecule has 1 aromatic rings. The molecule has 0 saturated carbocycles. The summed E-state index contributed by atoms with van der Waals surface area (Å²) in [5.41, 5.74) is 1.19. The third kappa shape index (κ3) is 4.62. The first-order chi connectivity index (χ1) is 9.79. The van der Waals surface area contributed by atoms with E-state index in [4.69, 9.17) is 4.74 Å². The Labute approximate surface area is 121 Å². The van der Waals surface area contributed by atoms with E-state index in [1.807, 2.05) is 30.0 Å². The average molecular weight is 276 g/mol. The second-order valence-electron chi connectivity index (χ2n) is 5.10. The number of carbonyl (C=O) groups is 1. The van der Waals surface area contributed by atoms with Gasteiger partial charge in [0, 0.05) is 39.1 Å². The number of hydrogen-bond acceptors (Lipinski definition) is 3. The lowest BCUT2D eigenvalue weighted by Gasteiger charge is -2.27. The number of morpholine rings is 1. The fourth-order valence-electron chi connectivity index (χ4n) is 2.42. The highest BCUT2D eigenvalue weighted by atomic mass is 16.5. The smallest absolute Gasteiger partial charge is 0.224 e. The van der Waals surface area contributed by atoms with Crippen molar-refractivity contribution in [3.63, 3.8) is 0 Å². The molecule has 1 aliphatic rings. The fraction of sp³-hybridized carbons (Fsp3) is 0.562. The average Bonchev–Trinajstić information content (AvgIpc) is 2.52. The number of ether oxygens (including phenoxy) is 1. The Bertz CT molecular complexity index is 402. The summed E-state index contributed by atoms with van der Waals surface area (Å²) >= 11 is 0. The molecular formula is C16H24N2O2. The van der Waals surface area contributed by atoms with Crippen LogP contribution in [0.1, 0.15) is 18.9 Å². The number of carbonyl (C=O) groups excluding carboxylic acids is 1. The zero-order chi connectivity index (χ0) is 14.2. The molecule has 4 heteroatoms. The van der Waals surface area contributed by atoms with E-state index < -0.39 is 0 Å². The van der Waals surface area contributed by atoms with Gasteiger partial charge in [0.1, 0.15) is 0 Å². The molecule has 0 radical (unpaired) electrons. The van der Waals surface area contributed by atoms with Gasteiger partial charge in [-0.05, 0) is 12.5 Å². The Kier molecular flexibility index (Phi) is 6.02. The van der Waals surface area contributed by atoms with Crippen LogP contribution in [0, 0.1) is 0 Å². The summed E-state index contributed by atoms with van der Waals surface area (Å²) in [4.78, 5) is 16.5. The van der Waals surface area contributed by atoms with Gasteiger partial charge in [0.25, 0.3) is 0 Å². The fourth-order valence-corrected chi connectivity index (χ4v) is 2.42. The maximum Gasteiger partial charge on any atom is 0.224 e. The van der Waals surface area contributed by atoms with Crippen molar-refractivity contribution in [1.82, 2.24) is 9.80 Å². The molecule has 1 fully saturated rings. The molecule has 1 aromatic carbocycles. The van der Waals surface area contributed by atoms with Gasteiger partial charge in [0.2, 0.25) is 5.91 Å². The van der Waals surface area contributed by atoms with Crippen molar-refractivity contribution in [2.75, 3.05) is 39.4 Å². The van der Waals surface area contributed by atoms with Crippen LogP contribution in [0.15, 0.2) is 30.3 Å². The largest absolute Gasteiger partial charge is 0.379 e. The van der Waals surface area contributed by atoms with E-state index >= 15 is 0 Å². The molecule has 1 amide bonds. The highest BCUT2D eigenvalue weighted by Gasteiger charge is 2.15. The molecule has 0 spiro atoms. The molecule has 0 unspecified atom stereocenters. The van der Waals surface area contributed by atoms with Gasteiger partial charge in [0.15, 0.2) is 0 Å². The molecule has 2 rings (SSSR count). The van der Waals surface area contributed by atoms with Crippen LogP contribution in [-0.4, -0.2) is 55.1 Å². The normalized spacial score (nSPS) is 16.1. The van der Waals surface area contributed by atoms with E-state index in [0.717, 1.165) is 39.4 Å². The lowest BCUT2D eigenvalue weighted by Crippen LogP contribution is -2.39. The van der Waals surface area contributed by atoms with Crippen molar-refractivity contribution in [2.24, 2.45) is 0 Å². The minimum atomic E-state index is 0.239. The molecule has 0 bridgehead atoms. The first-order valence-electron chi connectivity index (χ1n) is 7.41. The molecule has 0 N–H and O–H groups in total. The summed E-state index contributed by atoms with van der Waals surface area (Å²) in [5, 5.41) is 0. The molecule has 0 aliphatic carbocycles. The van der Waals surface area contributed by atoms with Crippen molar-refractivity contribution in [3.8, 4) is 0 Å². The number of benzene rings is 1. The first-order valence-corrected chi connectivity index (χ1v) is 7.41. The topological polar surface area (TPSA) is 32.8 Å². The Morgan fingerprint density at radius 1 is 1.25 bits per heavy atom. The summed E-state index contributed by atoms with van der Waals surface area (Å²) in [7, 11) is 0. The Hall–Kier alpha value is -1.39. The third-order valence-corrected chi connectivity index (χ3v) is 3.70. The zero-order valence-electron chi connectivity index (χ0n) is 12.3. The second kappa shape index (κ2) is 8.02. The van der Waals surface area contributed by atoms with Gasteiger partial charge in [-0.3, -0.25) is 9.69 Å². The lowest BCUT2D eigenvalue weighted by molar-refractivity contribution is -0.132. The van der Waals surface area contributed by atoms with E-state index in [9.17, 15) is 4.79 Å². The van der Waals surface area contributed by atoms with E-state index in [1.54, 1.807) is 0 Å². The maximum atomic E-state index is 12.3. The van der Waals surface area contributed by atoms with Crippen LogP contribution >= 0.6 is 0 Å². The summed E-state index contributed by atoms with van der Waals surface area (Å²) in [5.74, 6) is 0.239. The van der Waals surface area contributed by atoms with Crippen molar-refractivity contribution in [3.05, 3.63) is 35.9 Å². The first kappa shape index (κ1) is 15.0. The number of rotatable bonds is 6. The highest BCUT2D eigenvalue weighted by molar-refractivity contribution is 5.76. The summed E-state index contributed by atoms with van der Waals surface area (Å²) < 4.78 is 5.32. The van der Waals surface area contributed by atoms with E-state index in [1.165, 1.54) is 5.56 Å². The Balaban J connectivity index is 1.79. The minimum absolute atomic E-state index is 0.239. The molecule has 110 valence electrons. The van der Waals surface area contributed by atoms with Crippen LogP contribution in [0.2, 0.25) is 0 Å². The summed E-state index contributed by atoms with van der Waals surface area (Å²) in [6, 6.07) is 10.2. The van der Waals surface area contributed by atoms with Crippen LogP contribution in [0.4, 0.5) is 0 Å². The number of nitrogens with zero attached hydrogens (tertiary/aromatic N) is 2. The maximum absolute atomic E-state index is 12.3. The predicted molar refractivity (Wildman–Crippen MR) is 79.4 cm³/mol. The van der Waals surface area contributed by atoms with Crippen molar-refractivity contribution in [2.45, 2.75) is 19.9 Å². The van der Waals surface area contributed by atoms with Crippen molar-refractivity contribution < 1.29 is 9.53 Å². The molecule has 1 aliphatic heterocycles. The van der Waals surface area contributed by atoms with Crippen LogP contribution in [-0.2, 0) is 16.1 Å². The van der Waals surface area contributed by atoms with Gasteiger partial charge in [-0.25, -0.2) is 0 Å². The Morgan fingerprint density at radius 3 is 2.60 bits per heavy atom. The monoisotopic (exact) mass is 276 g/mol. The van der Waals surface area contributed by atoms with Gasteiger partial charge in [-0.1, -0.05) is 30.3 Å². The van der Waals surface area contributed by atoms with Gasteiger partial charge in [-0.2, -0.15) is 0 Å². The van der Waals surface area contributed by atoms with Crippen LogP contribution in [0.3, 0.4) is 0 Å². The molecule has 20 heavy (non-hydrogen) atoms. The Morgan fingerprint density at radius 2 is 1.95 bits per heavy atom. The summed E-state index contributed by atoms with van der Waals surface area (Å²) in [6.07, 6.45) is 0.598. The second-order valence-corrected chi connectivity index (χ2v) is 5.10. The molecular weight excluding hydrogens is 252 g/mol. The van der Waals surface area contributed by atoms with Gasteiger partial charge in [-0.15, -0.1) is 0 Å². The van der Waals surface area contributed by atoms with Gasteiger partial charge < -0.3 is 9.64 Å². The number of hydrogen-bond donors (Lipinski definition) is 0. The zero-order valence-corrected chi connectivity index (χ0v) is 12.3. The molecule has 1 heterocycles. The molecule has 0 atom stereocenters. The van der Waals surface area contributed by atoms with E-state index in [0.29, 0.717) is 13.0 Å². The van der Waals surface area contributed by atoms with E-state index in [-0.39, 0.29) is 5.91 Å². The lowest BCUT2D eigenvalue weighted by atomic mass is 10.2. The van der Waals surface area contributed by atoms with Crippen LogP contribution in [0.5, 0.6) is 0 Å². The van der Waals surface area contributed by atoms with E-state index in [2.05, 4.69) is 17.0 Å². The summed E-state index contributed by atoms with van der Waals surface area (Å²) in [6.45, 7) is 7.81. The molecule has 0 aromatic heterocycles. The van der Waals surface area contributed by atoms with Crippen LogP contribution in [0.25, 0.3) is 0 Å². The van der Waals surface area contributed by atoms with Gasteiger partial charge in [0.05, 0.1) is 13.2 Å².